The Bertz CT molecular complexity index is 1030. The summed E-state index contributed by atoms with van der Waals surface area (Å²) in [5.41, 5.74) is 2.20. The Morgan fingerprint density at radius 1 is 0.621 bits per heavy atom. The molecule has 144 valence electrons. The third-order valence-corrected chi connectivity index (χ3v) is 5.97. The molecule has 0 aromatic heterocycles. The minimum atomic E-state index is -0.810. The van der Waals surface area contributed by atoms with E-state index in [1.807, 2.05) is 102 Å². The van der Waals surface area contributed by atoms with Gasteiger partial charge in [0.05, 0.1) is 0 Å². The Labute approximate surface area is 193 Å². The summed E-state index contributed by atoms with van der Waals surface area (Å²) in [4.78, 5) is 0. The van der Waals surface area contributed by atoms with E-state index in [0.29, 0.717) is 0 Å². The van der Waals surface area contributed by atoms with Crippen LogP contribution < -0.4 is 4.74 Å². The molecule has 0 spiro atoms. The van der Waals surface area contributed by atoms with Crippen molar-refractivity contribution in [1.82, 2.24) is 0 Å². The summed E-state index contributed by atoms with van der Waals surface area (Å²) in [5.74, 6) is 1.52. The van der Waals surface area contributed by atoms with Crippen LogP contribution in [0.3, 0.4) is 0 Å². The summed E-state index contributed by atoms with van der Waals surface area (Å²) in [6.45, 7) is 0. The maximum Gasteiger partial charge on any atom is 0.159 e. The molecule has 0 fully saturated rings. The van der Waals surface area contributed by atoms with Crippen molar-refractivity contribution in [3.05, 3.63) is 130 Å². The van der Waals surface area contributed by atoms with Gasteiger partial charge in [-0.2, -0.15) is 0 Å². The minimum Gasteiger partial charge on any atom is -0.457 e. The van der Waals surface area contributed by atoms with E-state index in [0.717, 1.165) is 32.7 Å². The van der Waals surface area contributed by atoms with E-state index in [9.17, 15) is 0 Å². The number of hydrogen-bond acceptors (Lipinski definition) is 2. The van der Waals surface area contributed by atoms with E-state index in [1.165, 1.54) is 0 Å². The molecule has 2 nitrogen and oxygen atoms in total. The molecule has 0 radical (unpaired) electrons. The highest BCUT2D eigenvalue weighted by molar-refractivity contribution is 14.1. The van der Waals surface area contributed by atoms with Crippen molar-refractivity contribution in [2.24, 2.45) is 0 Å². The third kappa shape index (κ3) is 4.10. The van der Waals surface area contributed by atoms with Crippen LogP contribution in [-0.2, 0) is 8.67 Å². The first kappa shape index (κ1) is 20.1. The van der Waals surface area contributed by atoms with Gasteiger partial charge in [-0.25, -0.2) is 0 Å². The van der Waals surface area contributed by atoms with E-state index in [1.54, 1.807) is 0 Å². The summed E-state index contributed by atoms with van der Waals surface area (Å²) in [6.07, 6.45) is 0. The van der Waals surface area contributed by atoms with Crippen LogP contribution in [0.1, 0.15) is 16.7 Å². The highest BCUT2D eigenvalue weighted by atomic mass is 127. The zero-order valence-electron chi connectivity index (χ0n) is 15.5. The predicted molar refractivity (Wildman–Crippen MR) is 129 cm³/mol. The first-order chi connectivity index (χ1) is 14.2. The molecular weight excluding hydrogens is 539 g/mol. The fourth-order valence-corrected chi connectivity index (χ4v) is 4.44. The van der Waals surface area contributed by atoms with Crippen LogP contribution in [0.25, 0.3) is 0 Å². The van der Waals surface area contributed by atoms with Crippen LogP contribution in [0.5, 0.6) is 11.5 Å². The largest absolute Gasteiger partial charge is 0.457 e. The molecule has 4 aromatic carbocycles. The number of para-hydroxylation sites is 1. The number of halogens is 2. The van der Waals surface area contributed by atoms with Gasteiger partial charge in [0.15, 0.2) is 5.60 Å². The Morgan fingerprint density at radius 2 is 1.14 bits per heavy atom. The molecule has 0 aliphatic heterocycles. The molecular formula is C25H18BrIO2. The number of hydrogen-bond donors (Lipinski definition) is 0. The summed E-state index contributed by atoms with van der Waals surface area (Å²) in [7, 11) is 0. The summed E-state index contributed by atoms with van der Waals surface area (Å²) in [5, 5.41) is 0. The first-order valence-corrected chi connectivity index (χ1v) is 10.8. The standard InChI is InChI=1S/C25H18BrIO2/c26-21-15-17-22(18-16-21)28-24-14-8-7-13-23(24)25(29-27,19-9-3-1-4-10-19)20-11-5-2-6-12-20/h1-18H. The third-order valence-electron chi connectivity index (χ3n) is 4.78. The maximum absolute atomic E-state index is 6.31. The molecule has 0 aliphatic carbocycles. The molecule has 0 heterocycles. The van der Waals surface area contributed by atoms with Gasteiger partial charge in [-0.3, -0.25) is 3.07 Å². The fourth-order valence-electron chi connectivity index (χ4n) is 3.43. The molecule has 0 bridgehead atoms. The van der Waals surface area contributed by atoms with Gasteiger partial charge in [-0.1, -0.05) is 94.8 Å². The molecule has 4 rings (SSSR count). The molecule has 0 saturated heterocycles. The van der Waals surface area contributed by atoms with Crippen molar-refractivity contribution in [2.75, 3.05) is 0 Å². The number of benzene rings is 4. The van der Waals surface area contributed by atoms with Crippen LogP contribution in [0, 0.1) is 0 Å². The van der Waals surface area contributed by atoms with Crippen molar-refractivity contribution in [2.45, 2.75) is 5.60 Å². The zero-order valence-corrected chi connectivity index (χ0v) is 19.2. The lowest BCUT2D eigenvalue weighted by atomic mass is 9.80. The number of ether oxygens (including phenoxy) is 1. The lowest BCUT2D eigenvalue weighted by Gasteiger charge is -2.34. The lowest BCUT2D eigenvalue weighted by molar-refractivity contribution is 0.226. The minimum absolute atomic E-state index is 0.749. The van der Waals surface area contributed by atoms with Crippen molar-refractivity contribution in [3.63, 3.8) is 0 Å². The molecule has 0 atom stereocenters. The van der Waals surface area contributed by atoms with Gasteiger partial charge in [-0.05, 0) is 41.5 Å². The van der Waals surface area contributed by atoms with Crippen molar-refractivity contribution >= 4 is 38.9 Å². The molecule has 0 aliphatic rings. The Morgan fingerprint density at radius 3 is 1.69 bits per heavy atom. The van der Waals surface area contributed by atoms with E-state index in [4.69, 9.17) is 7.80 Å². The smallest absolute Gasteiger partial charge is 0.159 e. The molecule has 0 saturated carbocycles. The predicted octanol–water partition coefficient (Wildman–Crippen LogP) is 7.90. The average Bonchev–Trinajstić information content (AvgIpc) is 2.79. The van der Waals surface area contributed by atoms with Gasteiger partial charge < -0.3 is 4.74 Å². The zero-order chi connectivity index (χ0) is 20.1. The Hall–Kier alpha value is -2.15. The summed E-state index contributed by atoms with van der Waals surface area (Å²) < 4.78 is 13.6. The maximum atomic E-state index is 6.31. The molecule has 4 heteroatoms. The van der Waals surface area contributed by atoms with E-state index >= 15 is 0 Å². The van der Waals surface area contributed by atoms with Gasteiger partial charge in [0.1, 0.15) is 34.5 Å². The topological polar surface area (TPSA) is 18.5 Å². The Kier molecular flexibility index (Phi) is 6.33. The van der Waals surface area contributed by atoms with Gasteiger partial charge >= 0.3 is 0 Å². The van der Waals surface area contributed by atoms with Crippen LogP contribution in [0.15, 0.2) is 114 Å². The monoisotopic (exact) mass is 556 g/mol. The average molecular weight is 557 g/mol. The second-order valence-electron chi connectivity index (χ2n) is 6.54. The van der Waals surface area contributed by atoms with Gasteiger partial charge in [0, 0.05) is 10.0 Å². The van der Waals surface area contributed by atoms with Crippen LogP contribution in [0.2, 0.25) is 0 Å². The van der Waals surface area contributed by atoms with Crippen LogP contribution in [-0.4, -0.2) is 0 Å². The SMILES string of the molecule is Brc1ccc(Oc2ccccc2C(OI)(c2ccccc2)c2ccccc2)cc1. The molecule has 0 unspecified atom stereocenters. The lowest BCUT2D eigenvalue weighted by Crippen LogP contribution is -2.30. The van der Waals surface area contributed by atoms with Crippen LogP contribution >= 0.6 is 38.9 Å². The van der Waals surface area contributed by atoms with Crippen molar-refractivity contribution in [3.8, 4) is 11.5 Å². The molecule has 4 aromatic rings. The van der Waals surface area contributed by atoms with Gasteiger partial charge in [0.2, 0.25) is 0 Å². The number of rotatable bonds is 6. The fraction of sp³-hybridized carbons (Fsp3) is 0.0400. The highest BCUT2D eigenvalue weighted by Crippen LogP contribution is 2.46. The van der Waals surface area contributed by atoms with E-state index < -0.39 is 5.60 Å². The quantitative estimate of drug-likeness (QED) is 0.177. The highest BCUT2D eigenvalue weighted by Gasteiger charge is 2.40. The van der Waals surface area contributed by atoms with Crippen molar-refractivity contribution < 1.29 is 7.80 Å². The second kappa shape index (κ2) is 9.11. The van der Waals surface area contributed by atoms with Crippen LogP contribution in [0.4, 0.5) is 0 Å². The van der Waals surface area contributed by atoms with E-state index in [2.05, 4.69) is 46.3 Å². The Balaban J connectivity index is 1.91. The second-order valence-corrected chi connectivity index (χ2v) is 7.90. The van der Waals surface area contributed by atoms with E-state index in [-0.39, 0.29) is 0 Å². The molecule has 0 N–H and O–H groups in total. The summed E-state index contributed by atoms with van der Waals surface area (Å²) >= 11 is 5.48. The first-order valence-electron chi connectivity index (χ1n) is 9.18. The van der Waals surface area contributed by atoms with Gasteiger partial charge in [0.25, 0.3) is 0 Å². The van der Waals surface area contributed by atoms with Gasteiger partial charge in [-0.15, -0.1) is 0 Å². The molecule has 29 heavy (non-hydrogen) atoms. The summed E-state index contributed by atoms with van der Waals surface area (Å²) in [6, 6.07) is 36.3. The van der Waals surface area contributed by atoms with Crippen molar-refractivity contribution in [1.29, 1.82) is 0 Å². The molecule has 0 amide bonds. The normalized spacial score (nSPS) is 11.2.